The highest BCUT2D eigenvalue weighted by molar-refractivity contribution is 5.77. The van der Waals surface area contributed by atoms with Crippen molar-refractivity contribution in [3.05, 3.63) is 29.8 Å². The average Bonchev–Trinajstić information content (AvgIpc) is 3.08. The number of carbonyl (C=O) groups excluding carboxylic acids is 1. The van der Waals surface area contributed by atoms with E-state index >= 15 is 0 Å². The number of carbonyl (C=O) groups is 1. The molecule has 1 aliphatic carbocycles. The Morgan fingerprint density at radius 3 is 2.47 bits per heavy atom. The molecule has 0 amide bonds. The lowest BCUT2D eigenvalue weighted by atomic mass is 10.1. The molecule has 0 aliphatic heterocycles. The van der Waals surface area contributed by atoms with Gasteiger partial charge in [0, 0.05) is 0 Å². The summed E-state index contributed by atoms with van der Waals surface area (Å²) in [5, 5.41) is 0. The molecule has 2 rings (SSSR count). The van der Waals surface area contributed by atoms with E-state index < -0.39 is 0 Å². The van der Waals surface area contributed by atoms with Gasteiger partial charge in [-0.25, -0.2) is 0 Å². The first-order chi connectivity index (χ1) is 8.11. The number of hydrogen-bond acceptors (Lipinski definition) is 3. The molecule has 0 bridgehead atoms. The van der Waals surface area contributed by atoms with Crippen molar-refractivity contribution in [2.24, 2.45) is 5.92 Å². The smallest absolute Gasteiger partial charge is 0.309 e. The minimum Gasteiger partial charge on any atom is -0.497 e. The number of methoxy groups -OCH3 is 1. The van der Waals surface area contributed by atoms with Crippen LogP contribution in [0.5, 0.6) is 5.75 Å². The normalized spacial score (nSPS) is 22.4. The lowest BCUT2D eigenvalue weighted by Gasteiger charge is -2.07. The van der Waals surface area contributed by atoms with Crippen LogP contribution in [0.25, 0.3) is 0 Å². The minimum absolute atomic E-state index is 0.0281. The summed E-state index contributed by atoms with van der Waals surface area (Å²) < 4.78 is 10.3. The van der Waals surface area contributed by atoms with Crippen LogP contribution in [0, 0.1) is 5.92 Å². The predicted octanol–water partition coefficient (Wildman–Crippen LogP) is 2.75. The van der Waals surface area contributed by atoms with Crippen LogP contribution in [0.3, 0.4) is 0 Å². The quantitative estimate of drug-likeness (QED) is 0.751. The van der Waals surface area contributed by atoms with E-state index in [2.05, 4.69) is 0 Å². The van der Waals surface area contributed by atoms with Crippen molar-refractivity contribution < 1.29 is 14.3 Å². The van der Waals surface area contributed by atoms with Crippen molar-refractivity contribution in [3.8, 4) is 5.75 Å². The van der Waals surface area contributed by atoms with Crippen LogP contribution in [0.2, 0.25) is 0 Å². The highest BCUT2D eigenvalue weighted by Crippen LogP contribution is 2.48. The molecule has 1 aromatic carbocycles. The summed E-state index contributed by atoms with van der Waals surface area (Å²) in [6.45, 7) is 3.76. The van der Waals surface area contributed by atoms with E-state index in [0.717, 1.165) is 12.2 Å². The lowest BCUT2D eigenvalue weighted by molar-refractivity contribution is -0.149. The van der Waals surface area contributed by atoms with Crippen LogP contribution >= 0.6 is 0 Å². The van der Waals surface area contributed by atoms with Crippen molar-refractivity contribution in [3.63, 3.8) is 0 Å². The summed E-state index contributed by atoms with van der Waals surface area (Å²) in [5.41, 5.74) is 1.19. The van der Waals surface area contributed by atoms with Gasteiger partial charge in [-0.05, 0) is 43.9 Å². The molecule has 17 heavy (non-hydrogen) atoms. The second-order valence-corrected chi connectivity index (χ2v) is 4.71. The standard InChI is InChI=1S/C14H18O3/c1-9(2)17-14(15)13-8-12(13)10-4-6-11(16-3)7-5-10/h4-7,9,12-13H,8H2,1-3H3/t12-,13-/m1/s1. The summed E-state index contributed by atoms with van der Waals surface area (Å²) in [6, 6.07) is 7.90. The zero-order valence-electron chi connectivity index (χ0n) is 10.5. The van der Waals surface area contributed by atoms with Gasteiger partial charge in [-0.2, -0.15) is 0 Å². The maximum atomic E-state index is 11.7. The average molecular weight is 234 g/mol. The van der Waals surface area contributed by atoms with Crippen LogP contribution in [0.1, 0.15) is 31.7 Å². The fourth-order valence-corrected chi connectivity index (χ4v) is 1.99. The van der Waals surface area contributed by atoms with Gasteiger partial charge in [0.1, 0.15) is 5.75 Å². The SMILES string of the molecule is COc1ccc([C@H]2C[C@H]2C(=O)OC(C)C)cc1. The van der Waals surface area contributed by atoms with Gasteiger partial charge < -0.3 is 9.47 Å². The molecule has 0 unspecified atom stereocenters. The first-order valence-corrected chi connectivity index (χ1v) is 5.96. The zero-order chi connectivity index (χ0) is 12.4. The van der Waals surface area contributed by atoms with E-state index in [1.807, 2.05) is 38.1 Å². The highest BCUT2D eigenvalue weighted by atomic mass is 16.5. The van der Waals surface area contributed by atoms with Gasteiger partial charge in [0.15, 0.2) is 0 Å². The van der Waals surface area contributed by atoms with Crippen molar-refractivity contribution in [1.82, 2.24) is 0 Å². The van der Waals surface area contributed by atoms with Gasteiger partial charge in [0.2, 0.25) is 0 Å². The van der Waals surface area contributed by atoms with Crippen molar-refractivity contribution in [1.29, 1.82) is 0 Å². The Balaban J connectivity index is 1.95. The Hall–Kier alpha value is -1.51. The van der Waals surface area contributed by atoms with Crippen molar-refractivity contribution in [2.75, 3.05) is 7.11 Å². The summed E-state index contributed by atoms with van der Waals surface area (Å²) in [6.07, 6.45) is 0.873. The Kier molecular flexibility index (Phi) is 3.36. The molecule has 3 nitrogen and oxygen atoms in total. The van der Waals surface area contributed by atoms with E-state index in [1.54, 1.807) is 7.11 Å². The molecular formula is C14H18O3. The first kappa shape index (κ1) is 12.0. The molecule has 0 aromatic heterocycles. The lowest BCUT2D eigenvalue weighted by Crippen LogP contribution is -2.13. The van der Waals surface area contributed by atoms with Crippen LogP contribution in [0.4, 0.5) is 0 Å². The molecule has 0 saturated heterocycles. The third-order valence-electron chi connectivity index (χ3n) is 2.99. The van der Waals surface area contributed by atoms with Crippen LogP contribution in [-0.2, 0) is 9.53 Å². The van der Waals surface area contributed by atoms with Gasteiger partial charge in [-0.15, -0.1) is 0 Å². The van der Waals surface area contributed by atoms with Gasteiger partial charge >= 0.3 is 5.97 Å². The fraction of sp³-hybridized carbons (Fsp3) is 0.500. The molecule has 0 heterocycles. The number of ether oxygens (including phenoxy) is 2. The maximum absolute atomic E-state index is 11.7. The third kappa shape index (κ3) is 2.78. The Bertz CT molecular complexity index is 394. The summed E-state index contributed by atoms with van der Waals surface area (Å²) in [7, 11) is 1.65. The molecule has 1 aromatic rings. The summed E-state index contributed by atoms with van der Waals surface area (Å²) in [5.74, 6) is 1.15. The van der Waals surface area contributed by atoms with Crippen LogP contribution < -0.4 is 4.74 Å². The molecule has 1 aliphatic rings. The molecule has 0 spiro atoms. The van der Waals surface area contributed by atoms with Crippen molar-refractivity contribution >= 4 is 5.97 Å². The van der Waals surface area contributed by atoms with E-state index in [-0.39, 0.29) is 18.0 Å². The van der Waals surface area contributed by atoms with E-state index in [9.17, 15) is 4.79 Å². The zero-order valence-corrected chi connectivity index (χ0v) is 10.5. The van der Waals surface area contributed by atoms with E-state index in [4.69, 9.17) is 9.47 Å². The molecule has 1 fully saturated rings. The second kappa shape index (κ2) is 4.78. The summed E-state index contributed by atoms with van der Waals surface area (Å²) >= 11 is 0. The predicted molar refractivity (Wildman–Crippen MR) is 65.1 cm³/mol. The van der Waals surface area contributed by atoms with E-state index in [1.165, 1.54) is 5.56 Å². The molecular weight excluding hydrogens is 216 g/mol. The number of benzene rings is 1. The Labute approximate surface area is 102 Å². The van der Waals surface area contributed by atoms with E-state index in [0.29, 0.717) is 5.92 Å². The molecule has 92 valence electrons. The molecule has 0 N–H and O–H groups in total. The third-order valence-corrected chi connectivity index (χ3v) is 2.99. The molecule has 1 saturated carbocycles. The second-order valence-electron chi connectivity index (χ2n) is 4.71. The van der Waals surface area contributed by atoms with Gasteiger partial charge in [0.25, 0.3) is 0 Å². The Morgan fingerprint density at radius 1 is 1.29 bits per heavy atom. The molecule has 3 heteroatoms. The topological polar surface area (TPSA) is 35.5 Å². The minimum atomic E-state index is -0.0687. The summed E-state index contributed by atoms with van der Waals surface area (Å²) in [4.78, 5) is 11.7. The monoisotopic (exact) mass is 234 g/mol. The van der Waals surface area contributed by atoms with Gasteiger partial charge in [0.05, 0.1) is 19.1 Å². The number of hydrogen-bond donors (Lipinski definition) is 0. The number of esters is 1. The fourth-order valence-electron chi connectivity index (χ4n) is 1.99. The molecule has 0 radical (unpaired) electrons. The van der Waals surface area contributed by atoms with Gasteiger partial charge in [-0.3, -0.25) is 4.79 Å². The number of rotatable bonds is 4. The van der Waals surface area contributed by atoms with Crippen molar-refractivity contribution in [2.45, 2.75) is 32.3 Å². The maximum Gasteiger partial charge on any atom is 0.309 e. The van der Waals surface area contributed by atoms with Crippen LogP contribution in [-0.4, -0.2) is 19.2 Å². The Morgan fingerprint density at radius 2 is 1.94 bits per heavy atom. The largest absolute Gasteiger partial charge is 0.497 e. The molecule has 2 atom stereocenters. The van der Waals surface area contributed by atoms with Crippen LogP contribution in [0.15, 0.2) is 24.3 Å². The highest BCUT2D eigenvalue weighted by Gasteiger charge is 2.45. The first-order valence-electron chi connectivity index (χ1n) is 5.96. The van der Waals surface area contributed by atoms with Gasteiger partial charge in [-0.1, -0.05) is 12.1 Å².